The van der Waals surface area contributed by atoms with E-state index in [0.29, 0.717) is 52.9 Å². The average molecular weight is 592 g/mol. The molecule has 0 heterocycles. The monoisotopic (exact) mass is 591 g/mol. The van der Waals surface area contributed by atoms with E-state index in [2.05, 4.69) is 85.0 Å². The third-order valence-corrected chi connectivity index (χ3v) is 7.33. The van der Waals surface area contributed by atoms with E-state index >= 15 is 0 Å². The van der Waals surface area contributed by atoms with Crippen molar-refractivity contribution in [3.05, 3.63) is 108 Å². The molecule has 0 aliphatic heterocycles. The van der Waals surface area contributed by atoms with Crippen molar-refractivity contribution in [2.75, 3.05) is 72.6 Å². The van der Waals surface area contributed by atoms with Crippen molar-refractivity contribution in [3.8, 4) is 0 Å². The van der Waals surface area contributed by atoms with Gasteiger partial charge in [0, 0.05) is 6.54 Å². The summed E-state index contributed by atoms with van der Waals surface area (Å²) in [6.45, 7) is 9.18. The Bertz CT molecular complexity index is 938. The van der Waals surface area contributed by atoms with Crippen LogP contribution in [0.1, 0.15) is 62.1 Å². The molecule has 0 unspecified atom stereocenters. The highest BCUT2D eigenvalue weighted by atomic mass is 16.6. The molecule has 3 rings (SSSR count). The van der Waals surface area contributed by atoms with E-state index in [9.17, 15) is 0 Å². The number of benzene rings is 3. The lowest BCUT2D eigenvalue weighted by atomic mass is 9.80. The van der Waals surface area contributed by atoms with Gasteiger partial charge >= 0.3 is 0 Å². The van der Waals surface area contributed by atoms with Crippen LogP contribution in [0.2, 0.25) is 0 Å². The van der Waals surface area contributed by atoms with Crippen molar-refractivity contribution in [2.45, 2.75) is 51.0 Å². The maximum absolute atomic E-state index is 6.73. The van der Waals surface area contributed by atoms with Gasteiger partial charge in [0.05, 0.1) is 59.5 Å². The quantitative estimate of drug-likeness (QED) is 0.0801. The van der Waals surface area contributed by atoms with Crippen molar-refractivity contribution >= 4 is 0 Å². The molecule has 6 nitrogen and oxygen atoms in total. The minimum Gasteiger partial charge on any atom is -0.378 e. The fraction of sp³-hybridized carbons (Fsp3) is 0.514. The molecule has 0 aliphatic rings. The molecule has 43 heavy (non-hydrogen) atoms. The second-order valence-electron chi connectivity index (χ2n) is 10.6. The summed E-state index contributed by atoms with van der Waals surface area (Å²) in [4.78, 5) is 0. The van der Waals surface area contributed by atoms with Crippen molar-refractivity contribution in [1.29, 1.82) is 0 Å². The number of unbranched alkanes of at least 4 members (excludes halogenated alkanes) is 5. The fourth-order valence-corrected chi connectivity index (χ4v) is 5.08. The lowest BCUT2D eigenvalue weighted by Gasteiger charge is -2.36. The maximum Gasteiger partial charge on any atom is 0.143 e. The minimum absolute atomic E-state index is 0.441. The van der Waals surface area contributed by atoms with Crippen LogP contribution in [0.25, 0.3) is 0 Å². The van der Waals surface area contributed by atoms with Crippen LogP contribution in [0.5, 0.6) is 0 Å². The van der Waals surface area contributed by atoms with E-state index in [-0.39, 0.29) is 0 Å². The number of ether oxygens (including phenoxy) is 5. The zero-order chi connectivity index (χ0) is 30.1. The van der Waals surface area contributed by atoms with Gasteiger partial charge in [-0.05, 0) is 29.7 Å². The Balaban J connectivity index is 1.24. The third kappa shape index (κ3) is 13.3. The molecule has 0 atom stereocenters. The van der Waals surface area contributed by atoms with Crippen LogP contribution in [0.3, 0.4) is 0 Å². The molecule has 0 fully saturated rings. The topological polar surface area (TPSA) is 58.2 Å². The van der Waals surface area contributed by atoms with E-state index in [4.69, 9.17) is 23.7 Å². The summed E-state index contributed by atoms with van der Waals surface area (Å²) in [6, 6.07) is 31.2. The Morgan fingerprint density at radius 1 is 0.442 bits per heavy atom. The smallest absolute Gasteiger partial charge is 0.143 e. The summed E-state index contributed by atoms with van der Waals surface area (Å²) in [6.07, 6.45) is 7.97. The van der Waals surface area contributed by atoms with Gasteiger partial charge in [-0.3, -0.25) is 0 Å². The molecule has 0 saturated carbocycles. The molecule has 0 aliphatic carbocycles. The summed E-state index contributed by atoms with van der Waals surface area (Å²) in [7, 11) is 0. The van der Waals surface area contributed by atoms with E-state index in [0.717, 1.165) is 36.4 Å². The van der Waals surface area contributed by atoms with Crippen LogP contribution in [-0.4, -0.2) is 72.6 Å². The molecule has 3 aromatic rings. The minimum atomic E-state index is -0.727. The summed E-state index contributed by atoms with van der Waals surface area (Å²) in [5, 5.41) is 3.44. The van der Waals surface area contributed by atoms with Crippen molar-refractivity contribution in [3.63, 3.8) is 0 Å². The van der Waals surface area contributed by atoms with Gasteiger partial charge < -0.3 is 29.0 Å². The highest BCUT2D eigenvalue weighted by molar-refractivity contribution is 5.47. The van der Waals surface area contributed by atoms with Crippen LogP contribution in [0.15, 0.2) is 91.0 Å². The van der Waals surface area contributed by atoms with E-state index in [1.165, 1.54) is 38.5 Å². The molecule has 3 aromatic carbocycles. The normalized spacial score (nSPS) is 11.7. The first-order chi connectivity index (χ1) is 21.4. The number of hydrogen-bond acceptors (Lipinski definition) is 6. The summed E-state index contributed by atoms with van der Waals surface area (Å²) in [5.74, 6) is 0. The molecule has 1 N–H and O–H groups in total. The Morgan fingerprint density at radius 3 is 1.30 bits per heavy atom. The van der Waals surface area contributed by atoms with Crippen molar-refractivity contribution in [2.24, 2.45) is 0 Å². The zero-order valence-electron chi connectivity index (χ0n) is 26.2. The van der Waals surface area contributed by atoms with Gasteiger partial charge in [-0.2, -0.15) is 0 Å². The fourth-order valence-electron chi connectivity index (χ4n) is 5.08. The van der Waals surface area contributed by atoms with Gasteiger partial charge in [-0.1, -0.05) is 130 Å². The molecule has 0 amide bonds. The number of hydrogen-bond donors (Lipinski definition) is 1. The first-order valence-corrected chi connectivity index (χ1v) is 16.2. The molecule has 236 valence electrons. The molecular weight excluding hydrogens is 538 g/mol. The maximum atomic E-state index is 6.73. The first kappa shape index (κ1) is 34.9. The molecule has 0 spiro atoms. The van der Waals surface area contributed by atoms with Crippen LogP contribution in [-0.2, 0) is 29.3 Å². The Labute approximate surface area is 260 Å². The van der Waals surface area contributed by atoms with E-state index < -0.39 is 5.60 Å². The van der Waals surface area contributed by atoms with Gasteiger partial charge in [0.1, 0.15) is 5.60 Å². The number of nitrogens with one attached hydrogen (secondary N) is 1. The molecule has 0 saturated heterocycles. The van der Waals surface area contributed by atoms with Gasteiger partial charge in [-0.25, -0.2) is 0 Å². The van der Waals surface area contributed by atoms with Gasteiger partial charge in [0.25, 0.3) is 0 Å². The first-order valence-electron chi connectivity index (χ1n) is 16.2. The molecule has 0 aromatic heterocycles. The third-order valence-electron chi connectivity index (χ3n) is 7.33. The molecule has 6 heteroatoms. The summed E-state index contributed by atoms with van der Waals surface area (Å²) >= 11 is 0. The largest absolute Gasteiger partial charge is 0.378 e. The zero-order valence-corrected chi connectivity index (χ0v) is 26.2. The van der Waals surface area contributed by atoms with Crippen molar-refractivity contribution in [1.82, 2.24) is 5.32 Å². The summed E-state index contributed by atoms with van der Waals surface area (Å²) in [5.41, 5.74) is 2.53. The highest BCUT2D eigenvalue weighted by Crippen LogP contribution is 2.40. The van der Waals surface area contributed by atoms with Crippen LogP contribution in [0, 0.1) is 0 Å². The number of rotatable bonds is 26. The van der Waals surface area contributed by atoms with Crippen LogP contribution in [0.4, 0.5) is 0 Å². The lowest BCUT2D eigenvalue weighted by Crippen LogP contribution is -2.34. The molecule has 0 bridgehead atoms. The molecular formula is C37H53NO5. The highest BCUT2D eigenvalue weighted by Gasteiger charge is 2.37. The summed E-state index contributed by atoms with van der Waals surface area (Å²) < 4.78 is 29.5. The Hall–Kier alpha value is -2.58. The average Bonchev–Trinajstić information content (AvgIpc) is 3.06. The predicted molar refractivity (Wildman–Crippen MR) is 175 cm³/mol. The van der Waals surface area contributed by atoms with Gasteiger partial charge in [-0.15, -0.1) is 0 Å². The van der Waals surface area contributed by atoms with E-state index in [1.54, 1.807) is 0 Å². The SMILES string of the molecule is CCCCCCCCNCCOCCOCCOCCOCCOC(c1ccccc1)(c1ccccc1)c1ccccc1. The van der Waals surface area contributed by atoms with E-state index in [1.807, 2.05) is 18.2 Å². The van der Waals surface area contributed by atoms with Crippen molar-refractivity contribution < 1.29 is 23.7 Å². The van der Waals surface area contributed by atoms with Gasteiger partial charge in [0.15, 0.2) is 0 Å². The lowest BCUT2D eigenvalue weighted by molar-refractivity contribution is -0.0383. The van der Waals surface area contributed by atoms with Crippen LogP contribution >= 0.6 is 0 Å². The Morgan fingerprint density at radius 2 is 0.837 bits per heavy atom. The predicted octanol–water partition coefficient (Wildman–Crippen LogP) is 7.01. The second kappa shape index (κ2) is 22.9. The van der Waals surface area contributed by atoms with Gasteiger partial charge in [0.2, 0.25) is 0 Å². The molecule has 0 radical (unpaired) electrons. The standard InChI is InChI=1S/C37H53NO5/c1-2-3-4-5-6-16-23-38-24-25-39-26-27-40-28-29-41-30-31-42-32-33-43-37(34-17-10-7-11-18-34,35-19-12-8-13-20-35)36-21-14-9-15-22-36/h7-15,17-22,38H,2-6,16,23-33H2,1H3. The van der Waals surface area contributed by atoms with Crippen LogP contribution < -0.4 is 5.32 Å². The Kier molecular flexibility index (Phi) is 18.6. The second-order valence-corrected chi connectivity index (χ2v) is 10.6.